The summed E-state index contributed by atoms with van der Waals surface area (Å²) < 4.78 is 27.5. The fourth-order valence-electron chi connectivity index (χ4n) is 2.66. The van der Waals surface area contributed by atoms with Gasteiger partial charge < -0.3 is 15.1 Å². The Bertz CT molecular complexity index is 958. The molecule has 1 saturated heterocycles. The number of carbonyl (C=O) groups is 1. The number of rotatable bonds is 5. The predicted octanol–water partition coefficient (Wildman–Crippen LogP) is 2.08. The highest BCUT2D eigenvalue weighted by Crippen LogP contribution is 2.26. The molecule has 0 atom stereocenters. The average molecular weight is 439 g/mol. The number of piperazine rings is 1. The molecule has 2 heterocycles. The second-order valence-electron chi connectivity index (χ2n) is 8.02. The van der Waals surface area contributed by atoms with Gasteiger partial charge in [0.2, 0.25) is 11.0 Å². The van der Waals surface area contributed by atoms with Crippen LogP contribution in [0.5, 0.6) is 0 Å². The van der Waals surface area contributed by atoms with Crippen molar-refractivity contribution in [3.63, 3.8) is 0 Å². The van der Waals surface area contributed by atoms with Gasteiger partial charge in [-0.25, -0.2) is 0 Å². The van der Waals surface area contributed by atoms with Gasteiger partial charge in [0.25, 0.3) is 14.4 Å². The van der Waals surface area contributed by atoms with Crippen LogP contribution in [-0.2, 0) is 14.8 Å². The lowest BCUT2D eigenvalue weighted by Gasteiger charge is -2.34. The molecular weight excluding hydrogens is 412 g/mol. The number of sulfonamides is 1. The summed E-state index contributed by atoms with van der Waals surface area (Å²) in [4.78, 5) is 16.6. The first kappa shape index (κ1) is 21.5. The zero-order chi connectivity index (χ0) is 21.2. The van der Waals surface area contributed by atoms with E-state index in [9.17, 15) is 13.2 Å². The molecule has 0 aliphatic carbocycles. The number of hydrogen-bond donors (Lipinski definition) is 2. The second-order valence-corrected chi connectivity index (χ2v) is 10.9. The summed E-state index contributed by atoms with van der Waals surface area (Å²) in [6.45, 7) is 9.15. The fourth-order valence-corrected chi connectivity index (χ4v) is 4.61. The van der Waals surface area contributed by atoms with E-state index in [1.54, 1.807) is 32.9 Å². The first-order valence-corrected chi connectivity index (χ1v) is 11.6. The first-order valence-electron chi connectivity index (χ1n) is 9.26. The van der Waals surface area contributed by atoms with Crippen molar-refractivity contribution in [1.29, 1.82) is 0 Å². The van der Waals surface area contributed by atoms with Crippen LogP contribution in [0.1, 0.15) is 20.8 Å². The summed E-state index contributed by atoms with van der Waals surface area (Å²) in [5.74, 6) is -0.259. The van der Waals surface area contributed by atoms with Crippen LogP contribution in [0.2, 0.25) is 0 Å². The van der Waals surface area contributed by atoms with E-state index in [4.69, 9.17) is 0 Å². The van der Waals surface area contributed by atoms with Crippen LogP contribution in [0.3, 0.4) is 0 Å². The summed E-state index contributed by atoms with van der Waals surface area (Å²) in [7, 11) is -1.79. The van der Waals surface area contributed by atoms with Crippen molar-refractivity contribution in [2.45, 2.75) is 25.1 Å². The number of carbonyl (C=O) groups excluding carboxylic acids is 1. The van der Waals surface area contributed by atoms with Crippen LogP contribution < -0.4 is 14.9 Å². The molecule has 1 aliphatic heterocycles. The minimum Gasteiger partial charge on any atom is -0.369 e. The lowest BCUT2D eigenvalue weighted by Crippen LogP contribution is -2.44. The zero-order valence-corrected chi connectivity index (χ0v) is 18.6. The Morgan fingerprint density at radius 1 is 1.07 bits per heavy atom. The maximum absolute atomic E-state index is 12.6. The normalized spacial score (nSPS) is 15.9. The highest BCUT2D eigenvalue weighted by Gasteiger charge is 2.25. The van der Waals surface area contributed by atoms with Crippen LogP contribution >= 0.6 is 11.3 Å². The molecule has 2 aromatic rings. The van der Waals surface area contributed by atoms with E-state index >= 15 is 0 Å². The van der Waals surface area contributed by atoms with Gasteiger partial charge in [0.15, 0.2) is 0 Å². The van der Waals surface area contributed by atoms with E-state index in [2.05, 4.69) is 37.1 Å². The van der Waals surface area contributed by atoms with Gasteiger partial charge in [0.1, 0.15) is 0 Å². The lowest BCUT2D eigenvalue weighted by atomic mass is 9.96. The molecule has 29 heavy (non-hydrogen) atoms. The van der Waals surface area contributed by atoms with E-state index in [1.165, 1.54) is 0 Å². The third-order valence-corrected chi connectivity index (χ3v) is 7.11. The Balaban J connectivity index is 1.66. The highest BCUT2D eigenvalue weighted by atomic mass is 32.2. The third kappa shape index (κ3) is 5.43. The van der Waals surface area contributed by atoms with Crippen molar-refractivity contribution in [2.24, 2.45) is 5.41 Å². The molecule has 1 amide bonds. The lowest BCUT2D eigenvalue weighted by molar-refractivity contribution is -0.123. The molecule has 11 heteroatoms. The van der Waals surface area contributed by atoms with Gasteiger partial charge in [-0.05, 0) is 31.3 Å². The summed E-state index contributed by atoms with van der Waals surface area (Å²) in [5.41, 5.74) is 0.886. The average Bonchev–Trinajstić information content (AvgIpc) is 3.12. The summed E-state index contributed by atoms with van der Waals surface area (Å²) in [6, 6.07) is 7.26. The number of nitrogens with one attached hydrogen (secondary N) is 2. The van der Waals surface area contributed by atoms with Crippen molar-refractivity contribution in [3.05, 3.63) is 24.3 Å². The Morgan fingerprint density at radius 2 is 1.69 bits per heavy atom. The summed E-state index contributed by atoms with van der Waals surface area (Å²) in [5, 5.41) is 10.2. The molecule has 1 aromatic heterocycles. The number of anilines is 3. The number of amides is 1. The number of benzene rings is 1. The van der Waals surface area contributed by atoms with Crippen LogP contribution in [0.4, 0.5) is 16.5 Å². The van der Waals surface area contributed by atoms with Crippen molar-refractivity contribution < 1.29 is 13.2 Å². The number of nitrogens with zero attached hydrogens (tertiary/aromatic N) is 4. The van der Waals surface area contributed by atoms with Gasteiger partial charge in [-0.3, -0.25) is 9.52 Å². The molecule has 0 radical (unpaired) electrons. The topological polar surface area (TPSA) is 108 Å². The molecule has 9 nitrogen and oxygen atoms in total. The molecule has 158 valence electrons. The Morgan fingerprint density at radius 3 is 2.28 bits per heavy atom. The van der Waals surface area contributed by atoms with Crippen molar-refractivity contribution >= 4 is 43.8 Å². The quantitative estimate of drug-likeness (QED) is 0.688. The first-order chi connectivity index (χ1) is 13.5. The number of aromatic nitrogens is 2. The Labute approximate surface area is 175 Å². The minimum atomic E-state index is -3.89. The van der Waals surface area contributed by atoms with E-state index in [0.717, 1.165) is 43.2 Å². The van der Waals surface area contributed by atoms with Crippen molar-refractivity contribution in [3.8, 4) is 0 Å². The van der Waals surface area contributed by atoms with Gasteiger partial charge in [0, 0.05) is 43.0 Å². The monoisotopic (exact) mass is 438 g/mol. The third-order valence-electron chi connectivity index (χ3n) is 4.53. The van der Waals surface area contributed by atoms with Crippen molar-refractivity contribution in [2.75, 3.05) is 48.2 Å². The van der Waals surface area contributed by atoms with Crippen LogP contribution in [0, 0.1) is 5.41 Å². The van der Waals surface area contributed by atoms with Crippen LogP contribution in [-0.4, -0.2) is 62.6 Å². The van der Waals surface area contributed by atoms with Gasteiger partial charge in [-0.1, -0.05) is 32.1 Å². The minimum absolute atomic E-state index is 0.149. The fraction of sp³-hybridized carbons (Fsp3) is 0.500. The van der Waals surface area contributed by atoms with Crippen LogP contribution in [0.15, 0.2) is 28.6 Å². The summed E-state index contributed by atoms with van der Waals surface area (Å²) >= 11 is 0.812. The Kier molecular flexibility index (Phi) is 6.11. The van der Waals surface area contributed by atoms with Gasteiger partial charge in [-0.15, -0.1) is 10.2 Å². The molecule has 1 aromatic carbocycles. The number of likely N-dealkylation sites (N-methyl/N-ethyl adjacent to an activating group) is 1. The highest BCUT2D eigenvalue weighted by molar-refractivity contribution is 7.94. The number of hydrogen-bond acceptors (Lipinski definition) is 8. The van der Waals surface area contributed by atoms with Crippen LogP contribution in [0.25, 0.3) is 0 Å². The largest absolute Gasteiger partial charge is 0.369 e. The van der Waals surface area contributed by atoms with Gasteiger partial charge in [0.05, 0.1) is 0 Å². The molecule has 3 rings (SSSR count). The molecule has 0 spiro atoms. The molecule has 0 bridgehead atoms. The van der Waals surface area contributed by atoms with E-state index < -0.39 is 15.4 Å². The molecule has 0 saturated carbocycles. The predicted molar refractivity (Wildman–Crippen MR) is 115 cm³/mol. The maximum atomic E-state index is 12.6. The summed E-state index contributed by atoms with van der Waals surface area (Å²) in [6.07, 6.45) is 0. The molecule has 0 unspecified atom stereocenters. The Hall–Kier alpha value is -2.24. The van der Waals surface area contributed by atoms with Gasteiger partial charge >= 0.3 is 0 Å². The molecule has 1 fully saturated rings. The van der Waals surface area contributed by atoms with E-state index in [0.29, 0.717) is 5.69 Å². The SMILES string of the molecule is CN1CCN(c2ccc(NS(=O)(=O)c3nnc(NC(=O)C(C)(C)C)s3)cc2)CC1. The van der Waals surface area contributed by atoms with E-state index in [-0.39, 0.29) is 15.4 Å². The molecular formula is C18H26N6O3S2. The standard InChI is InChI=1S/C18H26N6O3S2/c1-18(2,3)15(25)19-16-20-21-17(28-16)29(26,27)22-13-5-7-14(8-6-13)24-11-9-23(4)10-12-24/h5-8,22H,9-12H2,1-4H3,(H,19,20,25). The smallest absolute Gasteiger partial charge is 0.291 e. The van der Waals surface area contributed by atoms with Gasteiger partial charge in [-0.2, -0.15) is 8.42 Å². The molecule has 1 aliphatic rings. The maximum Gasteiger partial charge on any atom is 0.291 e. The van der Waals surface area contributed by atoms with Crippen molar-refractivity contribution in [1.82, 2.24) is 15.1 Å². The molecule has 2 N–H and O–H groups in total. The van der Waals surface area contributed by atoms with E-state index in [1.807, 2.05) is 12.1 Å². The zero-order valence-electron chi connectivity index (χ0n) is 17.0. The second kappa shape index (κ2) is 8.25.